The summed E-state index contributed by atoms with van der Waals surface area (Å²) in [5.74, 6) is 0.651. The van der Waals surface area contributed by atoms with E-state index in [2.05, 4.69) is 15.2 Å². The Labute approximate surface area is 161 Å². The Morgan fingerprint density at radius 3 is 2.74 bits per heavy atom. The normalized spacial score (nSPS) is 14.3. The van der Waals surface area contributed by atoms with Gasteiger partial charge in [0.2, 0.25) is 0 Å². The number of carbonyl (C=O) groups is 1. The van der Waals surface area contributed by atoms with E-state index < -0.39 is 0 Å². The lowest BCUT2D eigenvalue weighted by molar-refractivity contribution is 0.102. The Morgan fingerprint density at radius 2 is 2.00 bits per heavy atom. The van der Waals surface area contributed by atoms with Gasteiger partial charge in [0.25, 0.3) is 5.91 Å². The standard InChI is InChI=1S/C20H21N3O3S/c1-2-26-16-7-8-17-18(13-16)27-20(21-17)22-19(24)14-3-5-15(6-4-14)23-9-11-25-12-10-23/h3-8,13H,2,9-12H2,1H3,(H,21,22,24). The molecule has 1 fully saturated rings. The summed E-state index contributed by atoms with van der Waals surface area (Å²) in [4.78, 5) is 19.3. The number of ether oxygens (including phenoxy) is 2. The van der Waals surface area contributed by atoms with Gasteiger partial charge in [-0.1, -0.05) is 11.3 Å². The third kappa shape index (κ3) is 4.04. The zero-order valence-electron chi connectivity index (χ0n) is 15.1. The van der Waals surface area contributed by atoms with Crippen LogP contribution in [-0.2, 0) is 4.74 Å². The molecule has 2 heterocycles. The van der Waals surface area contributed by atoms with Crippen LogP contribution in [-0.4, -0.2) is 43.8 Å². The molecule has 1 aliphatic rings. The van der Waals surface area contributed by atoms with Crippen molar-refractivity contribution in [3.05, 3.63) is 48.0 Å². The van der Waals surface area contributed by atoms with E-state index >= 15 is 0 Å². The van der Waals surface area contributed by atoms with Crippen LogP contribution in [0, 0.1) is 0 Å². The lowest BCUT2D eigenvalue weighted by Crippen LogP contribution is -2.36. The Hall–Kier alpha value is -2.64. The maximum absolute atomic E-state index is 12.5. The Bertz CT molecular complexity index is 933. The number of nitrogens with zero attached hydrogens (tertiary/aromatic N) is 2. The fourth-order valence-electron chi connectivity index (χ4n) is 3.03. The molecule has 0 aliphatic carbocycles. The number of rotatable bonds is 5. The number of benzene rings is 2. The minimum absolute atomic E-state index is 0.160. The molecule has 1 amide bonds. The van der Waals surface area contributed by atoms with Crippen molar-refractivity contribution in [3.8, 4) is 5.75 Å². The van der Waals surface area contributed by atoms with Crippen LogP contribution in [0.4, 0.5) is 10.8 Å². The number of anilines is 2. The topological polar surface area (TPSA) is 63.7 Å². The predicted molar refractivity (Wildman–Crippen MR) is 108 cm³/mol. The van der Waals surface area contributed by atoms with E-state index in [1.807, 2.05) is 49.4 Å². The van der Waals surface area contributed by atoms with Crippen molar-refractivity contribution in [2.45, 2.75) is 6.92 Å². The highest BCUT2D eigenvalue weighted by molar-refractivity contribution is 7.22. The van der Waals surface area contributed by atoms with Gasteiger partial charge in [0.05, 0.1) is 30.0 Å². The maximum Gasteiger partial charge on any atom is 0.257 e. The summed E-state index contributed by atoms with van der Waals surface area (Å²) in [7, 11) is 0. The van der Waals surface area contributed by atoms with Crippen molar-refractivity contribution in [1.29, 1.82) is 0 Å². The number of carbonyl (C=O) groups excluding carboxylic acids is 1. The summed E-state index contributed by atoms with van der Waals surface area (Å²) in [6.07, 6.45) is 0. The molecular weight excluding hydrogens is 362 g/mol. The van der Waals surface area contributed by atoms with Crippen LogP contribution in [0.1, 0.15) is 17.3 Å². The minimum atomic E-state index is -0.160. The molecule has 0 atom stereocenters. The molecule has 3 aromatic rings. The van der Waals surface area contributed by atoms with Crippen molar-refractivity contribution in [3.63, 3.8) is 0 Å². The summed E-state index contributed by atoms with van der Waals surface area (Å²) in [6, 6.07) is 13.4. The summed E-state index contributed by atoms with van der Waals surface area (Å²) < 4.78 is 11.9. The quantitative estimate of drug-likeness (QED) is 0.726. The molecule has 1 aromatic heterocycles. The maximum atomic E-state index is 12.5. The molecule has 1 aliphatic heterocycles. The monoisotopic (exact) mass is 383 g/mol. The minimum Gasteiger partial charge on any atom is -0.494 e. The molecule has 140 valence electrons. The van der Waals surface area contributed by atoms with Crippen molar-refractivity contribution in [2.75, 3.05) is 43.1 Å². The third-order valence-electron chi connectivity index (χ3n) is 4.40. The molecule has 7 heteroatoms. The molecular formula is C20H21N3O3S. The van der Waals surface area contributed by atoms with Gasteiger partial charge in [-0.25, -0.2) is 4.98 Å². The van der Waals surface area contributed by atoms with E-state index in [9.17, 15) is 4.79 Å². The second-order valence-corrected chi connectivity index (χ2v) is 7.21. The van der Waals surface area contributed by atoms with Gasteiger partial charge in [-0.05, 0) is 49.4 Å². The largest absolute Gasteiger partial charge is 0.494 e. The van der Waals surface area contributed by atoms with Crippen LogP contribution in [0.25, 0.3) is 10.2 Å². The van der Waals surface area contributed by atoms with Crippen molar-refractivity contribution in [2.24, 2.45) is 0 Å². The first-order chi connectivity index (χ1) is 13.2. The smallest absolute Gasteiger partial charge is 0.257 e. The highest BCUT2D eigenvalue weighted by Gasteiger charge is 2.13. The fraction of sp³-hybridized carbons (Fsp3) is 0.300. The van der Waals surface area contributed by atoms with Gasteiger partial charge >= 0.3 is 0 Å². The van der Waals surface area contributed by atoms with Crippen LogP contribution < -0.4 is 15.0 Å². The lowest BCUT2D eigenvalue weighted by atomic mass is 10.2. The van der Waals surface area contributed by atoms with Crippen LogP contribution in [0.5, 0.6) is 5.75 Å². The van der Waals surface area contributed by atoms with Crippen LogP contribution in [0.2, 0.25) is 0 Å². The van der Waals surface area contributed by atoms with Gasteiger partial charge in [-0.3, -0.25) is 10.1 Å². The van der Waals surface area contributed by atoms with Gasteiger partial charge in [0, 0.05) is 24.3 Å². The molecule has 2 aromatic carbocycles. The van der Waals surface area contributed by atoms with E-state index in [1.54, 1.807) is 0 Å². The van der Waals surface area contributed by atoms with Crippen molar-refractivity contribution >= 4 is 38.3 Å². The molecule has 0 radical (unpaired) electrons. The molecule has 0 unspecified atom stereocenters. The number of hydrogen-bond donors (Lipinski definition) is 1. The van der Waals surface area contributed by atoms with E-state index in [4.69, 9.17) is 9.47 Å². The Morgan fingerprint density at radius 1 is 1.22 bits per heavy atom. The van der Waals surface area contributed by atoms with Crippen molar-refractivity contribution < 1.29 is 14.3 Å². The zero-order valence-corrected chi connectivity index (χ0v) is 15.9. The Balaban J connectivity index is 1.46. The van der Waals surface area contributed by atoms with Gasteiger partial charge in [-0.2, -0.15) is 0 Å². The molecule has 0 spiro atoms. The molecule has 0 bridgehead atoms. The molecule has 1 saturated heterocycles. The summed E-state index contributed by atoms with van der Waals surface area (Å²) >= 11 is 1.44. The van der Waals surface area contributed by atoms with Gasteiger partial charge in [0.15, 0.2) is 5.13 Å². The summed E-state index contributed by atoms with van der Waals surface area (Å²) in [6.45, 7) is 5.80. The van der Waals surface area contributed by atoms with Crippen LogP contribution in [0.15, 0.2) is 42.5 Å². The van der Waals surface area contributed by atoms with E-state index in [0.717, 1.165) is 48.0 Å². The van der Waals surface area contributed by atoms with E-state index in [1.165, 1.54) is 11.3 Å². The molecule has 1 N–H and O–H groups in total. The fourth-order valence-corrected chi connectivity index (χ4v) is 3.92. The van der Waals surface area contributed by atoms with Crippen molar-refractivity contribution in [1.82, 2.24) is 4.98 Å². The SMILES string of the molecule is CCOc1ccc2nc(NC(=O)c3ccc(N4CCOCC4)cc3)sc2c1. The summed E-state index contributed by atoms with van der Waals surface area (Å²) in [5, 5.41) is 3.48. The van der Waals surface area contributed by atoms with E-state index in [0.29, 0.717) is 17.3 Å². The second kappa shape index (κ2) is 7.94. The number of morpholine rings is 1. The predicted octanol–water partition coefficient (Wildman–Crippen LogP) is 3.78. The summed E-state index contributed by atoms with van der Waals surface area (Å²) in [5.41, 5.74) is 2.57. The first-order valence-corrected chi connectivity index (χ1v) is 9.82. The zero-order chi connectivity index (χ0) is 18.6. The molecule has 4 rings (SSSR count). The number of hydrogen-bond acceptors (Lipinski definition) is 6. The Kier molecular flexibility index (Phi) is 5.22. The van der Waals surface area contributed by atoms with Gasteiger partial charge in [0.1, 0.15) is 5.75 Å². The first-order valence-electron chi connectivity index (χ1n) is 9.00. The number of aromatic nitrogens is 1. The average Bonchev–Trinajstić information content (AvgIpc) is 3.10. The number of amides is 1. The third-order valence-corrected chi connectivity index (χ3v) is 5.33. The second-order valence-electron chi connectivity index (χ2n) is 6.18. The molecule has 6 nitrogen and oxygen atoms in total. The number of thiazole rings is 1. The highest BCUT2D eigenvalue weighted by atomic mass is 32.1. The average molecular weight is 383 g/mol. The number of nitrogens with one attached hydrogen (secondary N) is 1. The lowest BCUT2D eigenvalue weighted by Gasteiger charge is -2.28. The highest BCUT2D eigenvalue weighted by Crippen LogP contribution is 2.29. The van der Waals surface area contributed by atoms with Gasteiger partial charge < -0.3 is 14.4 Å². The van der Waals surface area contributed by atoms with Crippen LogP contribution >= 0.6 is 11.3 Å². The number of fused-ring (bicyclic) bond motifs is 1. The molecule has 27 heavy (non-hydrogen) atoms. The molecule has 0 saturated carbocycles. The van der Waals surface area contributed by atoms with E-state index in [-0.39, 0.29) is 5.91 Å². The van der Waals surface area contributed by atoms with Gasteiger partial charge in [-0.15, -0.1) is 0 Å². The first kappa shape index (κ1) is 17.8. The van der Waals surface area contributed by atoms with Crippen LogP contribution in [0.3, 0.4) is 0 Å².